The molecule has 0 spiro atoms. The van der Waals surface area contributed by atoms with Gasteiger partial charge in [0.05, 0.1) is 32.0 Å². The van der Waals surface area contributed by atoms with Crippen molar-refractivity contribution in [3.63, 3.8) is 0 Å². The van der Waals surface area contributed by atoms with Crippen molar-refractivity contribution in [1.82, 2.24) is 5.32 Å². The Kier molecular flexibility index (Phi) is 58.7. The number of carbonyl (C=O) groups is 1. The van der Waals surface area contributed by atoms with Crippen LogP contribution in [0, 0.1) is 0 Å². The Balaban J connectivity index is 1.63. The van der Waals surface area contributed by atoms with Crippen LogP contribution in [-0.2, 0) is 23.7 Å². The number of rotatable bonds is 67. The molecule has 2 rings (SSSR count). The minimum Gasteiger partial charge on any atom is -0.394 e. The molecule has 91 heavy (non-hydrogen) atoms. The number of hydrogen-bond donors (Lipinski definition) is 9. The summed E-state index contributed by atoms with van der Waals surface area (Å²) in [5, 5.41) is 87.7. The standard InChI is InChI=1S/C77H149NO13/c1-3-5-7-9-11-13-15-17-19-21-23-25-27-29-31-33-34-36-38-40-42-44-46-48-50-52-54-56-58-60-66(81)65(64-88-76-74(87)72(85)75(68(63-80)90-76)91-77-73(86)71(84)70(83)67(62-79)89-77)78-69(82)61-59-57-55-53-51-49-47-45-43-41-39-37-35-32-30-28-26-24-22-20-18-16-14-12-10-8-6-4-2/h58,60,65-68,70-77,79-81,83-87H,3-57,59,61-64H2,1-2H3,(H,78,82)/b60-58+. The SMILES string of the molecule is CCCCCCCCCCCCCCCCCCCCCCCCCCCCC/C=C/C(O)C(COC1OC(CO)C(OC2OC(CO)C(O)C(O)C2O)C(O)C1O)NC(=O)CCCCCCCCCCCCCCCCCCCCCCCCCCCCCC. The van der Waals surface area contributed by atoms with Gasteiger partial charge < -0.3 is 65.1 Å². The summed E-state index contributed by atoms with van der Waals surface area (Å²) in [5.41, 5.74) is 0. The molecule has 14 nitrogen and oxygen atoms in total. The van der Waals surface area contributed by atoms with Crippen LogP contribution in [0.4, 0.5) is 0 Å². The van der Waals surface area contributed by atoms with E-state index in [1.165, 1.54) is 315 Å². The molecule has 2 fully saturated rings. The van der Waals surface area contributed by atoms with Crippen molar-refractivity contribution in [3.05, 3.63) is 12.2 Å². The van der Waals surface area contributed by atoms with Crippen molar-refractivity contribution in [2.24, 2.45) is 0 Å². The molecule has 0 bridgehead atoms. The number of ether oxygens (including phenoxy) is 4. The Morgan fingerprint density at radius 3 is 1.01 bits per heavy atom. The van der Waals surface area contributed by atoms with E-state index >= 15 is 0 Å². The molecule has 2 heterocycles. The zero-order valence-corrected chi connectivity index (χ0v) is 59.1. The molecular formula is C77H149NO13. The maximum Gasteiger partial charge on any atom is 0.220 e. The van der Waals surface area contributed by atoms with Crippen LogP contribution in [0.1, 0.15) is 380 Å². The molecule has 9 N–H and O–H groups in total. The summed E-state index contributed by atoms with van der Waals surface area (Å²) in [6.07, 6.45) is 61.5. The minimum atomic E-state index is -1.79. The van der Waals surface area contributed by atoms with Crippen LogP contribution < -0.4 is 5.32 Å². The zero-order chi connectivity index (χ0) is 65.9. The van der Waals surface area contributed by atoms with Gasteiger partial charge in [-0.15, -0.1) is 0 Å². The van der Waals surface area contributed by atoms with Gasteiger partial charge in [-0.25, -0.2) is 0 Å². The number of carbonyl (C=O) groups excluding carboxylic acids is 1. The molecule has 1 amide bonds. The van der Waals surface area contributed by atoms with Gasteiger partial charge in [-0.1, -0.05) is 366 Å². The van der Waals surface area contributed by atoms with Crippen LogP contribution >= 0.6 is 0 Å². The van der Waals surface area contributed by atoms with E-state index in [2.05, 4.69) is 19.2 Å². The highest BCUT2D eigenvalue weighted by Gasteiger charge is 2.51. The molecular weight excluding hydrogens is 1150 g/mol. The predicted octanol–water partition coefficient (Wildman–Crippen LogP) is 17.3. The second-order valence-electron chi connectivity index (χ2n) is 28.2. The third-order valence-corrected chi connectivity index (χ3v) is 19.7. The first-order chi connectivity index (χ1) is 44.6. The lowest BCUT2D eigenvalue weighted by Crippen LogP contribution is -2.65. The highest BCUT2D eigenvalue weighted by atomic mass is 16.7. The van der Waals surface area contributed by atoms with E-state index in [1.54, 1.807) is 6.08 Å². The smallest absolute Gasteiger partial charge is 0.220 e. The summed E-state index contributed by atoms with van der Waals surface area (Å²) in [6.45, 7) is 2.88. The Morgan fingerprint density at radius 1 is 0.385 bits per heavy atom. The van der Waals surface area contributed by atoms with E-state index in [0.29, 0.717) is 0 Å². The Hall–Kier alpha value is -1.27. The van der Waals surface area contributed by atoms with Crippen LogP contribution in [0.2, 0.25) is 0 Å². The van der Waals surface area contributed by atoms with Crippen molar-refractivity contribution < 1.29 is 64.6 Å². The Bertz CT molecular complexity index is 1570. The summed E-state index contributed by atoms with van der Waals surface area (Å²) in [7, 11) is 0. The summed E-state index contributed by atoms with van der Waals surface area (Å²) in [6, 6.07) is -0.912. The number of aliphatic hydroxyl groups excluding tert-OH is 8. The molecule has 12 atom stereocenters. The van der Waals surface area contributed by atoms with Gasteiger partial charge in [0.2, 0.25) is 5.91 Å². The fraction of sp³-hybridized carbons (Fsp3) is 0.961. The summed E-state index contributed by atoms with van der Waals surface area (Å²) in [5.74, 6) is -0.229. The van der Waals surface area contributed by atoms with E-state index in [4.69, 9.17) is 18.9 Å². The molecule has 0 aromatic carbocycles. The molecule has 540 valence electrons. The average Bonchev–Trinajstić information content (AvgIpc) is 1.03. The van der Waals surface area contributed by atoms with E-state index in [1.807, 2.05) is 6.08 Å². The van der Waals surface area contributed by atoms with E-state index in [0.717, 1.165) is 44.9 Å². The van der Waals surface area contributed by atoms with Crippen molar-refractivity contribution >= 4 is 5.91 Å². The van der Waals surface area contributed by atoms with Gasteiger partial charge in [0.15, 0.2) is 12.6 Å². The van der Waals surface area contributed by atoms with Crippen LogP contribution in [0.25, 0.3) is 0 Å². The first-order valence-electron chi connectivity index (χ1n) is 39.4. The maximum atomic E-state index is 13.4. The third-order valence-electron chi connectivity index (χ3n) is 19.7. The highest BCUT2D eigenvalue weighted by molar-refractivity contribution is 5.76. The third kappa shape index (κ3) is 45.8. The number of allylic oxidation sites excluding steroid dienone is 1. The molecule has 0 aromatic heterocycles. The maximum absolute atomic E-state index is 13.4. The number of amides is 1. The van der Waals surface area contributed by atoms with E-state index in [-0.39, 0.29) is 18.9 Å². The minimum absolute atomic E-state index is 0.229. The van der Waals surface area contributed by atoms with E-state index < -0.39 is 86.8 Å². The number of aliphatic hydroxyl groups is 8. The molecule has 0 aromatic rings. The fourth-order valence-corrected chi connectivity index (χ4v) is 13.5. The van der Waals surface area contributed by atoms with Crippen LogP contribution in [0.3, 0.4) is 0 Å². The highest BCUT2D eigenvalue weighted by Crippen LogP contribution is 2.30. The molecule has 14 heteroatoms. The second kappa shape index (κ2) is 62.3. The molecule has 0 aliphatic carbocycles. The lowest BCUT2D eigenvalue weighted by molar-refractivity contribution is -0.359. The quantitative estimate of drug-likeness (QED) is 0.0204. The van der Waals surface area contributed by atoms with Crippen LogP contribution in [0.5, 0.6) is 0 Å². The summed E-state index contributed by atoms with van der Waals surface area (Å²) in [4.78, 5) is 13.4. The first-order valence-corrected chi connectivity index (χ1v) is 39.4. The molecule has 2 saturated heterocycles. The van der Waals surface area contributed by atoms with Gasteiger partial charge in [0, 0.05) is 6.42 Å². The van der Waals surface area contributed by atoms with Crippen molar-refractivity contribution in [2.75, 3.05) is 19.8 Å². The first kappa shape index (κ1) is 85.8. The molecule has 0 radical (unpaired) electrons. The Labute approximate surface area is 558 Å². The van der Waals surface area contributed by atoms with Gasteiger partial charge in [0.25, 0.3) is 0 Å². The normalized spacial score (nSPS) is 22.7. The van der Waals surface area contributed by atoms with Crippen LogP contribution in [0.15, 0.2) is 12.2 Å². The van der Waals surface area contributed by atoms with Crippen molar-refractivity contribution in [1.29, 1.82) is 0 Å². The largest absolute Gasteiger partial charge is 0.394 e. The average molecular weight is 1300 g/mol. The van der Waals surface area contributed by atoms with E-state index in [9.17, 15) is 45.6 Å². The molecule has 12 unspecified atom stereocenters. The fourth-order valence-electron chi connectivity index (χ4n) is 13.5. The lowest BCUT2D eigenvalue weighted by atomic mass is 9.97. The summed E-state index contributed by atoms with van der Waals surface area (Å²) < 4.78 is 22.9. The number of hydrogen-bond acceptors (Lipinski definition) is 13. The molecule has 2 aliphatic rings. The van der Waals surface area contributed by atoms with Crippen molar-refractivity contribution in [3.8, 4) is 0 Å². The number of unbranched alkanes of at least 4 members (excludes halogenated alkanes) is 54. The van der Waals surface area contributed by atoms with Crippen LogP contribution in [-0.4, -0.2) is 140 Å². The topological polar surface area (TPSA) is 228 Å². The second-order valence-corrected chi connectivity index (χ2v) is 28.2. The Morgan fingerprint density at radius 2 is 0.681 bits per heavy atom. The zero-order valence-electron chi connectivity index (χ0n) is 59.1. The summed E-state index contributed by atoms with van der Waals surface area (Å²) >= 11 is 0. The van der Waals surface area contributed by atoms with Gasteiger partial charge in [0.1, 0.15) is 48.8 Å². The van der Waals surface area contributed by atoms with Crippen molar-refractivity contribution in [2.45, 2.75) is 453 Å². The monoisotopic (exact) mass is 1300 g/mol. The predicted molar refractivity (Wildman–Crippen MR) is 374 cm³/mol. The van der Waals surface area contributed by atoms with Gasteiger partial charge in [-0.05, 0) is 19.3 Å². The van der Waals surface area contributed by atoms with Gasteiger partial charge in [-0.3, -0.25) is 4.79 Å². The molecule has 2 aliphatic heterocycles. The lowest BCUT2D eigenvalue weighted by Gasteiger charge is -2.46. The molecule has 0 saturated carbocycles. The van der Waals surface area contributed by atoms with Gasteiger partial charge in [-0.2, -0.15) is 0 Å². The number of nitrogens with one attached hydrogen (secondary N) is 1. The van der Waals surface area contributed by atoms with Gasteiger partial charge >= 0.3 is 0 Å².